The average molecular weight is 269 g/mol. The summed E-state index contributed by atoms with van der Waals surface area (Å²) in [5.41, 5.74) is 2.68. The second kappa shape index (κ2) is 4.56. The Labute approximate surface area is 115 Å². The lowest BCUT2D eigenvalue weighted by atomic mass is 10.1. The van der Waals surface area contributed by atoms with Gasteiger partial charge in [-0.05, 0) is 37.6 Å². The minimum atomic E-state index is -0.474. The van der Waals surface area contributed by atoms with Gasteiger partial charge in [0.1, 0.15) is 17.1 Å². The Hall–Kier alpha value is -2.49. The molecule has 0 aliphatic rings. The highest BCUT2D eigenvalue weighted by Crippen LogP contribution is 2.27. The predicted octanol–water partition coefficient (Wildman–Crippen LogP) is 3.81. The normalized spacial score (nSPS) is 10.9. The Morgan fingerprint density at radius 2 is 2.00 bits per heavy atom. The molecule has 3 rings (SSSR count). The predicted molar refractivity (Wildman–Crippen MR) is 73.3 cm³/mol. The van der Waals surface area contributed by atoms with Gasteiger partial charge in [0.2, 0.25) is 5.78 Å². The van der Waals surface area contributed by atoms with E-state index in [4.69, 9.17) is 4.42 Å². The standard InChI is InChI=1S/C16H12FNO2/c1-9-3-5-12-10(2)16(20-14(12)7-9)15(19)13-6-4-11(17)8-18-13/h3-8H,1-2H3. The van der Waals surface area contributed by atoms with Crippen molar-refractivity contribution in [3.05, 3.63) is 64.9 Å². The van der Waals surface area contributed by atoms with Crippen molar-refractivity contribution in [3.8, 4) is 0 Å². The number of carbonyl (C=O) groups excluding carboxylic acids is 1. The topological polar surface area (TPSA) is 43.1 Å². The first-order chi connectivity index (χ1) is 9.56. The highest BCUT2D eigenvalue weighted by molar-refractivity contribution is 6.09. The van der Waals surface area contributed by atoms with Crippen LogP contribution in [0.4, 0.5) is 4.39 Å². The number of nitrogens with zero attached hydrogens (tertiary/aromatic N) is 1. The van der Waals surface area contributed by atoms with E-state index >= 15 is 0 Å². The first kappa shape index (κ1) is 12.5. The van der Waals surface area contributed by atoms with E-state index in [9.17, 15) is 9.18 Å². The second-order valence-electron chi connectivity index (χ2n) is 4.75. The Morgan fingerprint density at radius 1 is 1.20 bits per heavy atom. The Kier molecular flexibility index (Phi) is 2.86. The largest absolute Gasteiger partial charge is 0.452 e. The minimum absolute atomic E-state index is 0.172. The first-order valence-corrected chi connectivity index (χ1v) is 6.22. The van der Waals surface area contributed by atoms with Gasteiger partial charge in [0.05, 0.1) is 6.20 Å². The molecule has 3 aromatic rings. The zero-order chi connectivity index (χ0) is 14.3. The van der Waals surface area contributed by atoms with Gasteiger partial charge >= 0.3 is 0 Å². The first-order valence-electron chi connectivity index (χ1n) is 6.22. The molecule has 4 heteroatoms. The van der Waals surface area contributed by atoms with Crippen LogP contribution in [0, 0.1) is 19.7 Å². The van der Waals surface area contributed by atoms with E-state index in [0.29, 0.717) is 5.58 Å². The number of aryl methyl sites for hydroxylation is 2. The Morgan fingerprint density at radius 3 is 2.70 bits per heavy atom. The minimum Gasteiger partial charge on any atom is -0.452 e. The third-order valence-corrected chi connectivity index (χ3v) is 3.26. The summed E-state index contributed by atoms with van der Waals surface area (Å²) in [5.74, 6) is -0.556. The van der Waals surface area contributed by atoms with Crippen molar-refractivity contribution in [2.24, 2.45) is 0 Å². The van der Waals surface area contributed by atoms with Crippen LogP contribution in [-0.4, -0.2) is 10.8 Å². The van der Waals surface area contributed by atoms with Gasteiger partial charge in [0, 0.05) is 10.9 Å². The fraction of sp³-hybridized carbons (Fsp3) is 0.125. The van der Waals surface area contributed by atoms with Crippen LogP contribution in [0.5, 0.6) is 0 Å². The number of fused-ring (bicyclic) bond motifs is 1. The van der Waals surface area contributed by atoms with E-state index < -0.39 is 5.82 Å². The molecule has 0 unspecified atom stereocenters. The average Bonchev–Trinajstić information content (AvgIpc) is 2.75. The molecular weight excluding hydrogens is 257 g/mol. The van der Waals surface area contributed by atoms with E-state index in [0.717, 1.165) is 22.7 Å². The monoisotopic (exact) mass is 269 g/mol. The molecule has 2 heterocycles. The highest BCUT2D eigenvalue weighted by Gasteiger charge is 2.20. The SMILES string of the molecule is Cc1ccc2c(C)c(C(=O)c3ccc(F)cn3)oc2c1. The van der Waals surface area contributed by atoms with E-state index in [1.54, 1.807) is 0 Å². The molecule has 20 heavy (non-hydrogen) atoms. The summed E-state index contributed by atoms with van der Waals surface area (Å²) >= 11 is 0. The van der Waals surface area contributed by atoms with E-state index in [1.165, 1.54) is 12.1 Å². The molecule has 0 fully saturated rings. The Balaban J connectivity index is 2.12. The summed E-state index contributed by atoms with van der Waals surface area (Å²) < 4.78 is 18.5. The zero-order valence-corrected chi connectivity index (χ0v) is 11.1. The Bertz CT molecular complexity index is 803. The van der Waals surface area contributed by atoms with Crippen LogP contribution in [0.15, 0.2) is 40.9 Å². The van der Waals surface area contributed by atoms with Crippen LogP contribution < -0.4 is 0 Å². The number of rotatable bonds is 2. The molecule has 0 aliphatic heterocycles. The van der Waals surface area contributed by atoms with Crippen molar-refractivity contribution >= 4 is 16.8 Å². The van der Waals surface area contributed by atoms with Gasteiger partial charge in [0.25, 0.3) is 0 Å². The molecule has 0 spiro atoms. The fourth-order valence-electron chi connectivity index (χ4n) is 2.18. The van der Waals surface area contributed by atoms with Gasteiger partial charge in [-0.15, -0.1) is 0 Å². The number of pyridine rings is 1. The highest BCUT2D eigenvalue weighted by atomic mass is 19.1. The van der Waals surface area contributed by atoms with Crippen molar-refractivity contribution < 1.29 is 13.6 Å². The third kappa shape index (κ3) is 1.99. The molecule has 2 aromatic heterocycles. The molecule has 1 aromatic carbocycles. The molecule has 0 atom stereocenters. The fourth-order valence-corrected chi connectivity index (χ4v) is 2.18. The quantitative estimate of drug-likeness (QED) is 0.664. The number of ketones is 1. The van der Waals surface area contributed by atoms with Gasteiger partial charge in [-0.1, -0.05) is 12.1 Å². The van der Waals surface area contributed by atoms with Gasteiger partial charge < -0.3 is 4.42 Å². The lowest BCUT2D eigenvalue weighted by molar-refractivity contribution is 0.101. The van der Waals surface area contributed by atoms with Crippen molar-refractivity contribution in [1.29, 1.82) is 0 Å². The van der Waals surface area contributed by atoms with Crippen molar-refractivity contribution in [3.63, 3.8) is 0 Å². The van der Waals surface area contributed by atoms with Crippen molar-refractivity contribution in [2.45, 2.75) is 13.8 Å². The van der Waals surface area contributed by atoms with E-state index in [-0.39, 0.29) is 17.2 Å². The van der Waals surface area contributed by atoms with Crippen LogP contribution in [0.1, 0.15) is 27.4 Å². The number of halogens is 1. The maximum Gasteiger partial charge on any atom is 0.246 e. The molecule has 0 saturated heterocycles. The van der Waals surface area contributed by atoms with E-state index in [2.05, 4.69) is 4.98 Å². The second-order valence-corrected chi connectivity index (χ2v) is 4.75. The van der Waals surface area contributed by atoms with Gasteiger partial charge in [-0.25, -0.2) is 9.37 Å². The molecular formula is C16H12FNO2. The molecule has 100 valence electrons. The molecule has 0 saturated carbocycles. The number of carbonyl (C=O) groups is 1. The van der Waals surface area contributed by atoms with Gasteiger partial charge in [-0.2, -0.15) is 0 Å². The molecule has 3 nitrogen and oxygen atoms in total. The van der Waals surface area contributed by atoms with Crippen LogP contribution >= 0.6 is 0 Å². The van der Waals surface area contributed by atoms with Crippen molar-refractivity contribution in [1.82, 2.24) is 4.98 Å². The van der Waals surface area contributed by atoms with Crippen LogP contribution in [-0.2, 0) is 0 Å². The van der Waals surface area contributed by atoms with Gasteiger partial charge in [0.15, 0.2) is 5.76 Å². The summed E-state index contributed by atoms with van der Waals surface area (Å²) in [6.45, 7) is 3.79. The van der Waals surface area contributed by atoms with Crippen LogP contribution in [0.25, 0.3) is 11.0 Å². The summed E-state index contributed by atoms with van der Waals surface area (Å²) in [4.78, 5) is 16.2. The number of hydrogen-bond acceptors (Lipinski definition) is 3. The number of benzene rings is 1. The lowest BCUT2D eigenvalue weighted by Gasteiger charge is -1.97. The summed E-state index contributed by atoms with van der Waals surface area (Å²) in [7, 11) is 0. The van der Waals surface area contributed by atoms with Crippen LogP contribution in [0.2, 0.25) is 0 Å². The molecule has 0 amide bonds. The lowest BCUT2D eigenvalue weighted by Crippen LogP contribution is -2.04. The van der Waals surface area contributed by atoms with Crippen molar-refractivity contribution in [2.75, 3.05) is 0 Å². The number of aromatic nitrogens is 1. The van der Waals surface area contributed by atoms with Gasteiger partial charge in [-0.3, -0.25) is 4.79 Å². The summed E-state index contributed by atoms with van der Waals surface area (Å²) in [6, 6.07) is 8.35. The number of furan rings is 1. The maximum atomic E-state index is 12.8. The molecule has 0 bridgehead atoms. The summed E-state index contributed by atoms with van der Waals surface area (Å²) in [5, 5.41) is 0.904. The molecule has 0 radical (unpaired) electrons. The van der Waals surface area contributed by atoms with E-state index in [1.807, 2.05) is 32.0 Å². The number of hydrogen-bond donors (Lipinski definition) is 0. The smallest absolute Gasteiger partial charge is 0.246 e. The summed E-state index contributed by atoms with van der Waals surface area (Å²) in [6.07, 6.45) is 1.02. The third-order valence-electron chi connectivity index (χ3n) is 3.26. The van der Waals surface area contributed by atoms with Crippen LogP contribution in [0.3, 0.4) is 0 Å². The maximum absolute atomic E-state index is 12.8. The zero-order valence-electron chi connectivity index (χ0n) is 11.1. The molecule has 0 N–H and O–H groups in total. The molecule has 0 aliphatic carbocycles.